The molecular weight excluding hydrogens is 478 g/mol. The lowest BCUT2D eigenvalue weighted by atomic mass is 9.99. The third-order valence-electron chi connectivity index (χ3n) is 6.25. The van der Waals surface area contributed by atoms with Crippen molar-refractivity contribution in [1.29, 1.82) is 0 Å². The number of carbonyl (C=O) groups is 2. The third kappa shape index (κ3) is 8.24. The maximum Gasteiger partial charge on any atom is 0.312 e. The summed E-state index contributed by atoms with van der Waals surface area (Å²) in [6, 6.07) is 11.2. The lowest BCUT2D eigenvalue weighted by molar-refractivity contribution is -0.180. The van der Waals surface area contributed by atoms with Crippen LogP contribution in [0.4, 0.5) is 0 Å². The van der Waals surface area contributed by atoms with Crippen LogP contribution in [0, 0.1) is 5.92 Å². The Morgan fingerprint density at radius 1 is 1.19 bits per heavy atom. The Morgan fingerprint density at radius 2 is 1.97 bits per heavy atom. The van der Waals surface area contributed by atoms with E-state index in [9.17, 15) is 14.7 Å². The van der Waals surface area contributed by atoms with Crippen LogP contribution in [-0.4, -0.2) is 67.1 Å². The highest BCUT2D eigenvalue weighted by molar-refractivity contribution is 5.99. The first-order valence-corrected chi connectivity index (χ1v) is 12.7. The van der Waals surface area contributed by atoms with Crippen LogP contribution in [0.15, 0.2) is 42.6 Å². The molecule has 1 fully saturated rings. The fourth-order valence-electron chi connectivity index (χ4n) is 4.14. The van der Waals surface area contributed by atoms with Crippen molar-refractivity contribution in [3.05, 3.63) is 53.9 Å². The molecule has 0 saturated carbocycles. The van der Waals surface area contributed by atoms with Crippen molar-refractivity contribution in [3.63, 3.8) is 0 Å². The summed E-state index contributed by atoms with van der Waals surface area (Å²) in [7, 11) is 1.38. The predicted molar refractivity (Wildman–Crippen MR) is 136 cm³/mol. The summed E-state index contributed by atoms with van der Waals surface area (Å²) in [5, 5.41) is 10.3. The standard InChI is InChI=1S/C28H37NO8/c1-4-5-14-35-24-12-15-34-18-21(16-22(30)25-26(31)23(33-3)11-13-29-25)28(32)37-19(2)27(24)36-17-20-9-7-6-8-10-20/h6-11,13,19,21,24,27,31H,4-5,12,14-18H2,1-3H3/t19-,21-,24-,27-/m0/s1. The molecule has 9 heteroatoms. The SMILES string of the molecule is CCCCO[C@H]1CCOC[C@H](CC(=O)c2nccc(OC)c2O)C(=O)O[C@@H](C)[C@@H]1OCc1ccccc1. The van der Waals surface area contributed by atoms with E-state index in [1.807, 2.05) is 30.3 Å². The fourth-order valence-corrected chi connectivity index (χ4v) is 4.14. The van der Waals surface area contributed by atoms with Crippen LogP contribution in [0.2, 0.25) is 0 Å². The molecule has 1 aromatic heterocycles. The van der Waals surface area contributed by atoms with Gasteiger partial charge in [0.1, 0.15) is 12.2 Å². The van der Waals surface area contributed by atoms with E-state index >= 15 is 0 Å². The molecule has 2 heterocycles. The summed E-state index contributed by atoms with van der Waals surface area (Å²) in [5.74, 6) is -2.19. The molecule has 0 spiro atoms. The van der Waals surface area contributed by atoms with Crippen molar-refractivity contribution in [2.75, 3.05) is 26.9 Å². The number of rotatable bonds is 11. The highest BCUT2D eigenvalue weighted by Gasteiger charge is 2.35. The van der Waals surface area contributed by atoms with Crippen LogP contribution in [0.25, 0.3) is 0 Å². The number of benzene rings is 1. The van der Waals surface area contributed by atoms with Crippen LogP contribution in [0.3, 0.4) is 0 Å². The van der Waals surface area contributed by atoms with Crippen molar-refractivity contribution in [3.8, 4) is 11.5 Å². The van der Waals surface area contributed by atoms with Gasteiger partial charge in [0.15, 0.2) is 23.0 Å². The van der Waals surface area contributed by atoms with E-state index in [1.54, 1.807) is 6.92 Å². The molecule has 2 aromatic rings. The lowest BCUT2D eigenvalue weighted by Gasteiger charge is -2.33. The second kappa shape index (κ2) is 14.7. The molecule has 1 aliphatic rings. The van der Waals surface area contributed by atoms with Gasteiger partial charge in [0.05, 0.1) is 32.3 Å². The van der Waals surface area contributed by atoms with Gasteiger partial charge >= 0.3 is 5.97 Å². The van der Waals surface area contributed by atoms with Crippen molar-refractivity contribution in [1.82, 2.24) is 4.98 Å². The zero-order valence-electron chi connectivity index (χ0n) is 21.8. The average Bonchev–Trinajstić information content (AvgIpc) is 2.90. The van der Waals surface area contributed by atoms with Gasteiger partial charge in [0.2, 0.25) is 0 Å². The number of unbranched alkanes of at least 4 members (excludes halogenated alkanes) is 1. The van der Waals surface area contributed by atoms with Crippen molar-refractivity contribution >= 4 is 11.8 Å². The highest BCUT2D eigenvalue weighted by Crippen LogP contribution is 2.29. The van der Waals surface area contributed by atoms with Gasteiger partial charge in [-0.25, -0.2) is 4.98 Å². The number of carbonyl (C=O) groups excluding carboxylic acids is 2. The van der Waals surface area contributed by atoms with Gasteiger partial charge in [-0.3, -0.25) is 9.59 Å². The van der Waals surface area contributed by atoms with E-state index in [0.717, 1.165) is 18.4 Å². The number of hydrogen-bond acceptors (Lipinski definition) is 9. The molecule has 1 saturated heterocycles. The molecule has 3 rings (SSSR count). The summed E-state index contributed by atoms with van der Waals surface area (Å²) >= 11 is 0. The number of methoxy groups -OCH3 is 1. The number of Topliss-reactive ketones (excluding diaryl/α,β-unsaturated/α-hetero) is 1. The van der Waals surface area contributed by atoms with Gasteiger partial charge in [-0.05, 0) is 25.3 Å². The zero-order valence-corrected chi connectivity index (χ0v) is 21.8. The minimum atomic E-state index is -0.866. The van der Waals surface area contributed by atoms with Crippen LogP contribution in [-0.2, 0) is 30.3 Å². The number of pyridine rings is 1. The second-order valence-electron chi connectivity index (χ2n) is 9.06. The maximum atomic E-state index is 13.1. The molecule has 1 aliphatic heterocycles. The Bertz CT molecular complexity index is 999. The van der Waals surface area contributed by atoms with Gasteiger partial charge in [0.25, 0.3) is 0 Å². The molecular formula is C28H37NO8. The number of aromatic nitrogens is 1. The minimum absolute atomic E-state index is 0.000751. The number of aromatic hydroxyl groups is 1. The van der Waals surface area contributed by atoms with E-state index in [2.05, 4.69) is 11.9 Å². The predicted octanol–water partition coefficient (Wildman–Crippen LogP) is 4.11. The molecule has 1 N–H and O–H groups in total. The summed E-state index contributed by atoms with van der Waals surface area (Å²) in [6.45, 7) is 5.11. The van der Waals surface area contributed by atoms with E-state index in [-0.39, 0.29) is 36.3 Å². The van der Waals surface area contributed by atoms with Gasteiger partial charge < -0.3 is 28.8 Å². The van der Waals surface area contributed by atoms with E-state index < -0.39 is 29.9 Å². The van der Waals surface area contributed by atoms with Crippen LogP contribution in [0.5, 0.6) is 11.5 Å². The van der Waals surface area contributed by atoms with Crippen LogP contribution in [0.1, 0.15) is 55.6 Å². The Hall–Kier alpha value is -3.01. The van der Waals surface area contributed by atoms with Crippen molar-refractivity contribution in [2.45, 2.75) is 64.4 Å². The quantitative estimate of drug-likeness (QED) is 0.268. The number of ether oxygens (including phenoxy) is 5. The molecule has 1 aromatic carbocycles. The van der Waals surface area contributed by atoms with Gasteiger partial charge in [-0.15, -0.1) is 0 Å². The topological polar surface area (TPSA) is 113 Å². The van der Waals surface area contributed by atoms with Gasteiger partial charge in [-0.1, -0.05) is 43.7 Å². The first-order valence-electron chi connectivity index (χ1n) is 12.7. The molecule has 0 bridgehead atoms. The molecule has 37 heavy (non-hydrogen) atoms. The van der Waals surface area contributed by atoms with Crippen LogP contribution >= 0.6 is 0 Å². The summed E-state index contributed by atoms with van der Waals surface area (Å²) < 4.78 is 29.1. The summed E-state index contributed by atoms with van der Waals surface area (Å²) in [6.07, 6.45) is 2.11. The maximum absolute atomic E-state index is 13.1. The molecule has 0 radical (unpaired) electrons. The number of nitrogens with zero attached hydrogens (tertiary/aromatic N) is 1. The lowest BCUT2D eigenvalue weighted by Crippen LogP contribution is -2.45. The number of hydrogen-bond donors (Lipinski definition) is 1. The van der Waals surface area contributed by atoms with E-state index in [1.165, 1.54) is 19.4 Å². The monoisotopic (exact) mass is 515 g/mol. The van der Waals surface area contributed by atoms with Gasteiger partial charge in [0, 0.05) is 31.9 Å². The normalized spacial score (nSPS) is 22.7. The van der Waals surface area contributed by atoms with E-state index in [4.69, 9.17) is 23.7 Å². The minimum Gasteiger partial charge on any atom is -0.503 e. The molecule has 0 aliphatic carbocycles. The van der Waals surface area contributed by atoms with Crippen LogP contribution < -0.4 is 4.74 Å². The molecule has 0 unspecified atom stereocenters. The fraction of sp³-hybridized carbons (Fsp3) is 0.536. The Morgan fingerprint density at radius 3 is 2.70 bits per heavy atom. The second-order valence-corrected chi connectivity index (χ2v) is 9.06. The van der Waals surface area contributed by atoms with E-state index in [0.29, 0.717) is 26.2 Å². The number of cyclic esters (lactones) is 1. The smallest absolute Gasteiger partial charge is 0.312 e. The van der Waals surface area contributed by atoms with Crippen molar-refractivity contribution < 1.29 is 38.4 Å². The number of ketones is 1. The Kier molecular flexibility index (Phi) is 11.3. The largest absolute Gasteiger partial charge is 0.503 e. The molecule has 0 amide bonds. The summed E-state index contributed by atoms with van der Waals surface area (Å²) in [4.78, 5) is 30.0. The third-order valence-corrected chi connectivity index (χ3v) is 6.25. The average molecular weight is 516 g/mol. The molecule has 4 atom stereocenters. The summed E-state index contributed by atoms with van der Waals surface area (Å²) in [5.41, 5.74) is 0.835. The molecule has 9 nitrogen and oxygen atoms in total. The zero-order chi connectivity index (χ0) is 26.6. The first-order chi connectivity index (χ1) is 17.9. The molecule has 202 valence electrons. The Labute approximate surface area is 218 Å². The van der Waals surface area contributed by atoms with Gasteiger partial charge in [-0.2, -0.15) is 0 Å². The Balaban J connectivity index is 1.73. The highest BCUT2D eigenvalue weighted by atomic mass is 16.6. The number of esters is 1. The first kappa shape index (κ1) is 28.6. The van der Waals surface area contributed by atoms with Crippen molar-refractivity contribution in [2.24, 2.45) is 5.92 Å².